The molecule has 3 N–H and O–H groups in total. The molecule has 0 atom stereocenters. The van der Waals surface area contributed by atoms with Crippen LogP contribution in [0.25, 0.3) is 0 Å². The van der Waals surface area contributed by atoms with Crippen LogP contribution in [0.15, 0.2) is 29.2 Å². The fourth-order valence-electron chi connectivity index (χ4n) is 2.12. The second-order valence-corrected chi connectivity index (χ2v) is 6.91. The van der Waals surface area contributed by atoms with Gasteiger partial charge < -0.3 is 10.1 Å². The second kappa shape index (κ2) is 5.48. The molecule has 1 aliphatic heterocycles. The molecule has 1 heterocycles. The highest BCUT2D eigenvalue weighted by Gasteiger charge is 2.26. The van der Waals surface area contributed by atoms with E-state index < -0.39 is 10.0 Å². The molecular weight excluding hydrogens is 264 g/mol. The highest BCUT2D eigenvalue weighted by atomic mass is 32.2. The summed E-state index contributed by atoms with van der Waals surface area (Å²) in [5, 5.41) is 8.40. The number of benzene rings is 1. The third-order valence-electron chi connectivity index (χ3n) is 3.60. The van der Waals surface area contributed by atoms with Crippen molar-refractivity contribution in [2.45, 2.75) is 24.7 Å². The number of sulfonamides is 1. The number of primary sulfonamides is 1. The van der Waals surface area contributed by atoms with Crippen LogP contribution in [0, 0.1) is 5.41 Å². The van der Waals surface area contributed by atoms with E-state index in [0.717, 1.165) is 38.3 Å². The minimum absolute atomic E-state index is 0.135. The molecule has 0 amide bonds. The Balaban J connectivity index is 1.96. The Kier molecular flexibility index (Phi) is 4.13. The Hall–Kier alpha value is -1.11. The number of hydrogen-bond acceptors (Lipinski definition) is 4. The van der Waals surface area contributed by atoms with Gasteiger partial charge in [0.1, 0.15) is 0 Å². The predicted octanol–water partition coefficient (Wildman–Crippen LogP) is 1.56. The molecule has 1 fully saturated rings. The van der Waals surface area contributed by atoms with Gasteiger partial charge in [0.25, 0.3) is 0 Å². The smallest absolute Gasteiger partial charge is 0.238 e. The number of hydrogen-bond donors (Lipinski definition) is 2. The zero-order chi connectivity index (χ0) is 13.9. The highest BCUT2D eigenvalue weighted by molar-refractivity contribution is 7.89. The molecule has 0 aliphatic carbocycles. The van der Waals surface area contributed by atoms with Crippen molar-refractivity contribution in [3.63, 3.8) is 0 Å². The Morgan fingerprint density at radius 2 is 1.84 bits per heavy atom. The van der Waals surface area contributed by atoms with Crippen LogP contribution in [-0.4, -0.2) is 28.2 Å². The summed E-state index contributed by atoms with van der Waals surface area (Å²) in [5.41, 5.74) is 1.14. The molecule has 0 saturated carbocycles. The van der Waals surface area contributed by atoms with E-state index in [-0.39, 0.29) is 10.3 Å². The van der Waals surface area contributed by atoms with Gasteiger partial charge in [-0.2, -0.15) is 0 Å². The van der Waals surface area contributed by atoms with Crippen LogP contribution in [0.2, 0.25) is 0 Å². The Morgan fingerprint density at radius 3 is 2.37 bits per heavy atom. The number of anilines is 1. The van der Waals surface area contributed by atoms with Crippen LogP contribution < -0.4 is 10.5 Å². The maximum absolute atomic E-state index is 11.1. The van der Waals surface area contributed by atoms with Gasteiger partial charge in [-0.05, 0) is 42.5 Å². The van der Waals surface area contributed by atoms with Gasteiger partial charge in [-0.3, -0.25) is 0 Å². The van der Waals surface area contributed by atoms with Gasteiger partial charge in [0.2, 0.25) is 10.0 Å². The Morgan fingerprint density at radius 1 is 1.26 bits per heavy atom. The Labute approximate surface area is 114 Å². The molecule has 1 saturated heterocycles. The van der Waals surface area contributed by atoms with E-state index in [1.165, 1.54) is 12.1 Å². The lowest BCUT2D eigenvalue weighted by Crippen LogP contribution is -2.33. The molecule has 0 unspecified atom stereocenters. The van der Waals surface area contributed by atoms with Crippen LogP contribution in [-0.2, 0) is 14.8 Å². The van der Waals surface area contributed by atoms with E-state index in [0.29, 0.717) is 0 Å². The van der Waals surface area contributed by atoms with Crippen LogP contribution >= 0.6 is 0 Å². The molecule has 0 bridgehead atoms. The normalized spacial score (nSPS) is 19.1. The minimum atomic E-state index is -3.61. The summed E-state index contributed by atoms with van der Waals surface area (Å²) in [6.07, 6.45) is 2.07. The monoisotopic (exact) mass is 284 g/mol. The van der Waals surface area contributed by atoms with Crippen molar-refractivity contribution < 1.29 is 13.2 Å². The fraction of sp³-hybridized carbons (Fsp3) is 0.538. The molecule has 0 radical (unpaired) electrons. The summed E-state index contributed by atoms with van der Waals surface area (Å²) >= 11 is 0. The van der Waals surface area contributed by atoms with E-state index >= 15 is 0 Å². The second-order valence-electron chi connectivity index (χ2n) is 5.35. The topological polar surface area (TPSA) is 81.4 Å². The lowest BCUT2D eigenvalue weighted by Gasteiger charge is -2.33. The Bertz CT molecular complexity index is 519. The molecular formula is C13H20N2O3S. The number of ether oxygens (including phenoxy) is 1. The van der Waals surface area contributed by atoms with Gasteiger partial charge in [-0.1, -0.05) is 6.92 Å². The van der Waals surface area contributed by atoms with Crippen molar-refractivity contribution in [1.29, 1.82) is 0 Å². The molecule has 2 rings (SSSR count). The molecule has 1 aliphatic rings. The van der Waals surface area contributed by atoms with E-state index in [2.05, 4.69) is 12.2 Å². The molecule has 106 valence electrons. The van der Waals surface area contributed by atoms with E-state index in [1.807, 2.05) is 0 Å². The number of nitrogens with one attached hydrogen (secondary N) is 1. The maximum atomic E-state index is 11.1. The number of nitrogens with two attached hydrogens (primary N) is 1. The average molecular weight is 284 g/mol. The fourth-order valence-corrected chi connectivity index (χ4v) is 2.63. The molecule has 0 spiro atoms. The van der Waals surface area contributed by atoms with Crippen molar-refractivity contribution in [2.75, 3.05) is 25.1 Å². The van der Waals surface area contributed by atoms with Gasteiger partial charge in [0, 0.05) is 25.4 Å². The maximum Gasteiger partial charge on any atom is 0.238 e. The summed E-state index contributed by atoms with van der Waals surface area (Å²) < 4.78 is 27.6. The van der Waals surface area contributed by atoms with Crippen molar-refractivity contribution in [3.8, 4) is 0 Å². The molecule has 1 aromatic carbocycles. The van der Waals surface area contributed by atoms with Crippen LogP contribution in [0.3, 0.4) is 0 Å². The standard InChI is InChI=1S/C13H20N2O3S/c1-13(6-8-18-9-7-13)10-15-11-2-4-12(5-3-11)19(14,16)17/h2-5,15H,6-10H2,1H3,(H2,14,16,17). The average Bonchev–Trinajstić information content (AvgIpc) is 2.37. The molecule has 5 nitrogen and oxygen atoms in total. The van der Waals surface area contributed by atoms with Crippen LogP contribution in [0.5, 0.6) is 0 Å². The van der Waals surface area contributed by atoms with E-state index in [4.69, 9.17) is 9.88 Å². The van der Waals surface area contributed by atoms with Gasteiger partial charge >= 0.3 is 0 Å². The molecule has 0 aromatic heterocycles. The van der Waals surface area contributed by atoms with Crippen molar-refractivity contribution in [3.05, 3.63) is 24.3 Å². The van der Waals surface area contributed by atoms with Crippen molar-refractivity contribution >= 4 is 15.7 Å². The third kappa shape index (κ3) is 3.92. The summed E-state index contributed by atoms with van der Waals surface area (Å²) in [6.45, 7) is 4.71. The van der Waals surface area contributed by atoms with Crippen LogP contribution in [0.4, 0.5) is 5.69 Å². The molecule has 19 heavy (non-hydrogen) atoms. The quantitative estimate of drug-likeness (QED) is 0.879. The SMILES string of the molecule is CC1(CNc2ccc(S(N)(=O)=O)cc2)CCOCC1. The summed E-state index contributed by atoms with van der Waals surface area (Å²) in [7, 11) is -3.61. The summed E-state index contributed by atoms with van der Waals surface area (Å²) in [5.74, 6) is 0. The zero-order valence-electron chi connectivity index (χ0n) is 11.1. The first-order chi connectivity index (χ1) is 8.89. The van der Waals surface area contributed by atoms with Gasteiger partial charge in [-0.15, -0.1) is 0 Å². The van der Waals surface area contributed by atoms with Crippen molar-refractivity contribution in [2.24, 2.45) is 10.6 Å². The first-order valence-electron chi connectivity index (χ1n) is 6.34. The predicted molar refractivity (Wildman–Crippen MR) is 74.5 cm³/mol. The van der Waals surface area contributed by atoms with Crippen LogP contribution in [0.1, 0.15) is 19.8 Å². The third-order valence-corrected chi connectivity index (χ3v) is 4.53. The van der Waals surface area contributed by atoms with Gasteiger partial charge in [-0.25, -0.2) is 13.6 Å². The molecule has 1 aromatic rings. The first kappa shape index (κ1) is 14.3. The first-order valence-corrected chi connectivity index (χ1v) is 7.88. The zero-order valence-corrected chi connectivity index (χ0v) is 11.9. The lowest BCUT2D eigenvalue weighted by molar-refractivity contribution is 0.0300. The minimum Gasteiger partial charge on any atom is -0.384 e. The van der Waals surface area contributed by atoms with E-state index in [1.54, 1.807) is 12.1 Å². The lowest BCUT2D eigenvalue weighted by atomic mass is 9.82. The number of rotatable bonds is 4. The summed E-state index contributed by atoms with van der Waals surface area (Å²) in [4.78, 5) is 0.135. The van der Waals surface area contributed by atoms with Gasteiger partial charge in [0.05, 0.1) is 4.90 Å². The van der Waals surface area contributed by atoms with E-state index in [9.17, 15) is 8.42 Å². The summed E-state index contributed by atoms with van der Waals surface area (Å²) in [6, 6.07) is 6.51. The molecule has 6 heteroatoms. The largest absolute Gasteiger partial charge is 0.384 e. The van der Waals surface area contributed by atoms with Gasteiger partial charge in [0.15, 0.2) is 0 Å². The highest BCUT2D eigenvalue weighted by Crippen LogP contribution is 2.30. The van der Waals surface area contributed by atoms with Crippen molar-refractivity contribution in [1.82, 2.24) is 0 Å².